The molecule has 2 N–H and O–H groups in total. The first-order chi connectivity index (χ1) is 13.1. The number of hydrogen-bond acceptors (Lipinski definition) is 2. The highest BCUT2D eigenvalue weighted by atomic mass is 127. The Morgan fingerprint density at radius 2 is 1.89 bits per heavy atom. The lowest BCUT2D eigenvalue weighted by Gasteiger charge is -2.21. The van der Waals surface area contributed by atoms with Gasteiger partial charge < -0.3 is 15.5 Å². The zero-order valence-corrected chi connectivity index (χ0v) is 18.5. The lowest BCUT2D eigenvalue weighted by molar-refractivity contribution is -0.134. The number of likely N-dealkylation sites (tertiary alicyclic amines) is 1. The van der Waals surface area contributed by atoms with Crippen molar-refractivity contribution < 1.29 is 13.6 Å². The van der Waals surface area contributed by atoms with E-state index in [9.17, 15) is 13.6 Å². The Morgan fingerprint density at radius 1 is 1.21 bits per heavy atom. The Morgan fingerprint density at radius 3 is 2.54 bits per heavy atom. The van der Waals surface area contributed by atoms with Crippen LogP contribution in [0.3, 0.4) is 0 Å². The van der Waals surface area contributed by atoms with Crippen LogP contribution in [0.5, 0.6) is 0 Å². The first-order valence-corrected chi connectivity index (χ1v) is 9.77. The fraction of sp³-hybridized carbons (Fsp3) is 0.600. The van der Waals surface area contributed by atoms with Gasteiger partial charge in [-0.3, -0.25) is 9.79 Å². The normalized spacial score (nSPS) is 20.2. The second-order valence-electron chi connectivity index (χ2n) is 7.34. The zero-order chi connectivity index (χ0) is 19.2. The second-order valence-corrected chi connectivity index (χ2v) is 7.34. The molecule has 1 atom stereocenters. The number of guanidine groups is 1. The molecule has 0 bridgehead atoms. The highest BCUT2D eigenvalue weighted by Gasteiger charge is 2.32. The van der Waals surface area contributed by atoms with Crippen LogP contribution in [0.15, 0.2) is 23.2 Å². The summed E-state index contributed by atoms with van der Waals surface area (Å²) in [5.41, 5.74) is 0.0784. The summed E-state index contributed by atoms with van der Waals surface area (Å²) in [6.07, 6.45) is 5.46. The summed E-state index contributed by atoms with van der Waals surface area (Å²) >= 11 is 0. The smallest absolute Gasteiger partial charge is 0.225 e. The van der Waals surface area contributed by atoms with Crippen molar-refractivity contribution in [3.05, 3.63) is 35.4 Å². The number of halogens is 3. The van der Waals surface area contributed by atoms with Gasteiger partial charge in [-0.05, 0) is 37.8 Å². The Labute approximate surface area is 182 Å². The van der Waals surface area contributed by atoms with Gasteiger partial charge in [-0.15, -0.1) is 24.0 Å². The molecule has 2 aliphatic rings. The fourth-order valence-electron chi connectivity index (χ4n) is 3.97. The second kappa shape index (κ2) is 10.9. The van der Waals surface area contributed by atoms with Crippen molar-refractivity contribution in [2.75, 3.05) is 26.7 Å². The molecule has 1 heterocycles. The van der Waals surface area contributed by atoms with E-state index in [4.69, 9.17) is 0 Å². The van der Waals surface area contributed by atoms with E-state index >= 15 is 0 Å². The zero-order valence-electron chi connectivity index (χ0n) is 16.2. The van der Waals surface area contributed by atoms with Gasteiger partial charge in [-0.1, -0.05) is 18.9 Å². The summed E-state index contributed by atoms with van der Waals surface area (Å²) in [5.74, 6) is 0.0201. The first-order valence-electron chi connectivity index (χ1n) is 9.77. The number of hydrogen-bond donors (Lipinski definition) is 2. The molecule has 1 aliphatic carbocycles. The van der Waals surface area contributed by atoms with Gasteiger partial charge in [0.1, 0.15) is 11.6 Å². The minimum Gasteiger partial charge on any atom is -0.356 e. The third-order valence-corrected chi connectivity index (χ3v) is 5.50. The van der Waals surface area contributed by atoms with Crippen molar-refractivity contribution in [2.24, 2.45) is 10.9 Å². The number of amides is 1. The van der Waals surface area contributed by atoms with Gasteiger partial charge in [0.05, 0.1) is 0 Å². The van der Waals surface area contributed by atoms with Gasteiger partial charge in [0, 0.05) is 44.2 Å². The van der Waals surface area contributed by atoms with Crippen LogP contribution in [0.2, 0.25) is 0 Å². The summed E-state index contributed by atoms with van der Waals surface area (Å²) in [5, 5.41) is 6.41. The van der Waals surface area contributed by atoms with Crippen LogP contribution in [-0.2, 0) is 11.2 Å². The van der Waals surface area contributed by atoms with Gasteiger partial charge in [0.15, 0.2) is 5.96 Å². The number of rotatable bonds is 5. The molecule has 28 heavy (non-hydrogen) atoms. The van der Waals surface area contributed by atoms with Crippen molar-refractivity contribution in [1.29, 1.82) is 0 Å². The van der Waals surface area contributed by atoms with Crippen LogP contribution in [0.1, 0.15) is 37.7 Å². The van der Waals surface area contributed by atoms with Gasteiger partial charge in [0.2, 0.25) is 5.91 Å². The summed E-state index contributed by atoms with van der Waals surface area (Å²) in [6, 6.07) is 4.03. The highest BCUT2D eigenvalue weighted by Crippen LogP contribution is 2.27. The molecule has 156 valence electrons. The molecule has 1 saturated heterocycles. The van der Waals surface area contributed by atoms with Crippen molar-refractivity contribution >= 4 is 35.8 Å². The van der Waals surface area contributed by atoms with Gasteiger partial charge in [-0.25, -0.2) is 8.78 Å². The van der Waals surface area contributed by atoms with E-state index in [1.165, 1.54) is 18.2 Å². The monoisotopic (exact) mass is 506 g/mol. The van der Waals surface area contributed by atoms with Crippen molar-refractivity contribution in [2.45, 2.75) is 44.6 Å². The fourth-order valence-corrected chi connectivity index (χ4v) is 3.97. The van der Waals surface area contributed by atoms with Crippen LogP contribution in [0, 0.1) is 17.6 Å². The predicted octanol–water partition coefficient (Wildman–Crippen LogP) is 3.08. The van der Waals surface area contributed by atoms with Crippen LogP contribution < -0.4 is 10.6 Å². The van der Waals surface area contributed by atoms with E-state index in [0.717, 1.165) is 38.6 Å². The Bertz CT molecular complexity index is 675. The molecule has 0 radical (unpaired) electrons. The van der Waals surface area contributed by atoms with E-state index in [1.54, 1.807) is 7.05 Å². The number of carbonyl (C=O) groups excluding carboxylic acids is 1. The number of nitrogens with zero attached hydrogens (tertiary/aromatic N) is 2. The van der Waals surface area contributed by atoms with Crippen LogP contribution >= 0.6 is 24.0 Å². The summed E-state index contributed by atoms with van der Waals surface area (Å²) in [6.45, 7) is 1.82. The molecule has 1 unspecified atom stereocenters. The SMILES string of the molecule is CN=C(NCCc1c(F)cccc1F)NC1CCN(C(=O)C2CCCC2)C1.I. The largest absolute Gasteiger partial charge is 0.356 e. The lowest BCUT2D eigenvalue weighted by Crippen LogP contribution is -2.46. The molecule has 1 saturated carbocycles. The minimum atomic E-state index is -0.531. The molecule has 3 rings (SSSR count). The quantitative estimate of drug-likeness (QED) is 0.367. The van der Waals surface area contributed by atoms with Crippen molar-refractivity contribution in [1.82, 2.24) is 15.5 Å². The molecule has 2 fully saturated rings. The summed E-state index contributed by atoms with van der Waals surface area (Å²) in [4.78, 5) is 18.7. The maximum atomic E-state index is 13.7. The molecule has 8 heteroatoms. The Kier molecular flexibility index (Phi) is 8.91. The van der Waals surface area contributed by atoms with Crippen LogP contribution in [0.25, 0.3) is 0 Å². The molecule has 0 aromatic heterocycles. The van der Waals surface area contributed by atoms with Crippen molar-refractivity contribution in [3.63, 3.8) is 0 Å². The van der Waals surface area contributed by atoms with Crippen molar-refractivity contribution in [3.8, 4) is 0 Å². The third-order valence-electron chi connectivity index (χ3n) is 5.50. The minimum absolute atomic E-state index is 0. The third kappa shape index (κ3) is 5.78. The van der Waals surface area contributed by atoms with Gasteiger partial charge >= 0.3 is 0 Å². The Balaban J connectivity index is 0.00000280. The summed E-state index contributed by atoms with van der Waals surface area (Å²) < 4.78 is 27.4. The van der Waals surface area contributed by atoms with E-state index in [0.29, 0.717) is 19.0 Å². The molecular formula is C20H29F2IN4O. The summed E-state index contributed by atoms with van der Waals surface area (Å²) in [7, 11) is 1.66. The molecule has 5 nitrogen and oxygen atoms in total. The number of benzene rings is 1. The standard InChI is InChI=1S/C20H28F2N4O.HI/c1-23-20(24-11-9-16-17(21)7-4-8-18(16)22)25-15-10-12-26(13-15)19(27)14-5-2-3-6-14;/h4,7-8,14-15H,2-3,5-6,9-13H2,1H3,(H2,23,24,25);1H. The number of carbonyl (C=O) groups is 1. The van der Waals surface area contributed by atoms with E-state index < -0.39 is 11.6 Å². The topological polar surface area (TPSA) is 56.7 Å². The predicted molar refractivity (Wildman–Crippen MR) is 117 cm³/mol. The molecule has 1 aromatic rings. The van der Waals surface area contributed by atoms with Gasteiger partial charge in [0.25, 0.3) is 0 Å². The van der Waals surface area contributed by atoms with E-state index in [2.05, 4.69) is 15.6 Å². The molecule has 1 aliphatic heterocycles. The number of nitrogens with one attached hydrogen (secondary N) is 2. The molecular weight excluding hydrogens is 477 g/mol. The van der Waals surface area contributed by atoms with Crippen LogP contribution in [0.4, 0.5) is 8.78 Å². The number of aliphatic imine (C=N–C) groups is 1. The molecule has 0 spiro atoms. The molecule has 1 amide bonds. The average Bonchev–Trinajstić information content (AvgIpc) is 3.34. The van der Waals surface area contributed by atoms with E-state index in [-0.39, 0.29) is 53.8 Å². The maximum Gasteiger partial charge on any atom is 0.225 e. The highest BCUT2D eigenvalue weighted by molar-refractivity contribution is 14.0. The maximum absolute atomic E-state index is 13.7. The van der Waals surface area contributed by atoms with Gasteiger partial charge in [-0.2, -0.15) is 0 Å². The van der Waals surface area contributed by atoms with E-state index in [1.807, 2.05) is 4.90 Å². The first kappa shape index (κ1) is 22.8. The molecule has 1 aromatic carbocycles. The average molecular weight is 506 g/mol. The lowest BCUT2D eigenvalue weighted by atomic mass is 10.1. The Hall–Kier alpha value is -1.45. The van der Waals surface area contributed by atoms with Crippen LogP contribution in [-0.4, -0.2) is 49.5 Å².